The Hall–Kier alpha value is -1.14. The van der Waals surface area contributed by atoms with Gasteiger partial charge in [0.05, 0.1) is 12.5 Å². The summed E-state index contributed by atoms with van der Waals surface area (Å²) in [7, 11) is 0. The van der Waals surface area contributed by atoms with Crippen LogP contribution in [0.3, 0.4) is 0 Å². The minimum atomic E-state index is -1.90. The van der Waals surface area contributed by atoms with Crippen LogP contribution in [-0.4, -0.2) is 47.3 Å². The lowest BCUT2D eigenvalue weighted by molar-refractivity contribution is -0.156. The molecule has 80 valence electrons. The summed E-state index contributed by atoms with van der Waals surface area (Å²) in [5, 5.41) is 23.2. The molecule has 0 aliphatic carbocycles. The molecule has 0 aromatic heterocycles. The maximum absolute atomic E-state index is 11.2. The van der Waals surface area contributed by atoms with Gasteiger partial charge in [-0.1, -0.05) is 0 Å². The van der Waals surface area contributed by atoms with Crippen molar-refractivity contribution in [3.8, 4) is 0 Å². The zero-order chi connectivity index (χ0) is 10.8. The summed E-state index contributed by atoms with van der Waals surface area (Å²) in [6.45, 7) is 2.11. The summed E-state index contributed by atoms with van der Waals surface area (Å²) in [5.41, 5.74) is -1.90. The monoisotopic (exact) mass is 202 g/mol. The maximum atomic E-state index is 11.2. The fourth-order valence-electron chi connectivity index (χ4n) is 0.953. The van der Waals surface area contributed by atoms with Crippen LogP contribution < -0.4 is 10.6 Å². The fraction of sp³-hybridized carbons (Fsp3) is 0.750. The van der Waals surface area contributed by atoms with Gasteiger partial charge in [-0.15, -0.1) is 0 Å². The predicted octanol–water partition coefficient (Wildman–Crippen LogP) is -1.84. The molecule has 1 aliphatic heterocycles. The molecule has 1 aliphatic rings. The van der Waals surface area contributed by atoms with Crippen molar-refractivity contribution in [2.24, 2.45) is 5.92 Å². The van der Waals surface area contributed by atoms with Crippen molar-refractivity contribution in [2.45, 2.75) is 12.5 Å². The van der Waals surface area contributed by atoms with Crippen LogP contribution in [0.15, 0.2) is 0 Å². The molecule has 1 fully saturated rings. The van der Waals surface area contributed by atoms with Crippen molar-refractivity contribution in [1.29, 1.82) is 0 Å². The second-order valence-electron chi connectivity index (χ2n) is 3.65. The van der Waals surface area contributed by atoms with Gasteiger partial charge in [0.2, 0.25) is 5.91 Å². The number of aliphatic carboxylic acids is 1. The number of rotatable bonds is 4. The van der Waals surface area contributed by atoms with Crippen molar-refractivity contribution in [3.63, 3.8) is 0 Å². The number of carbonyl (C=O) groups excluding carboxylic acids is 1. The highest BCUT2D eigenvalue weighted by Gasteiger charge is 2.32. The first-order valence-electron chi connectivity index (χ1n) is 4.37. The summed E-state index contributed by atoms with van der Waals surface area (Å²) >= 11 is 0. The van der Waals surface area contributed by atoms with Crippen molar-refractivity contribution in [1.82, 2.24) is 10.6 Å². The predicted molar refractivity (Wildman–Crippen MR) is 47.6 cm³/mol. The second kappa shape index (κ2) is 3.93. The van der Waals surface area contributed by atoms with E-state index in [0.717, 1.165) is 6.92 Å². The van der Waals surface area contributed by atoms with Gasteiger partial charge < -0.3 is 20.8 Å². The Morgan fingerprint density at radius 2 is 2.14 bits per heavy atom. The molecule has 6 nitrogen and oxygen atoms in total. The molecule has 1 atom stereocenters. The van der Waals surface area contributed by atoms with Gasteiger partial charge in [0.1, 0.15) is 0 Å². The molecule has 0 saturated carbocycles. The minimum absolute atomic E-state index is 0.0976. The molecule has 1 unspecified atom stereocenters. The summed E-state index contributed by atoms with van der Waals surface area (Å²) in [5.74, 6) is -1.66. The largest absolute Gasteiger partial charge is 0.479 e. The third kappa shape index (κ3) is 2.43. The maximum Gasteiger partial charge on any atom is 0.337 e. The summed E-state index contributed by atoms with van der Waals surface area (Å²) in [4.78, 5) is 21.7. The van der Waals surface area contributed by atoms with E-state index in [-0.39, 0.29) is 18.4 Å². The molecule has 14 heavy (non-hydrogen) atoms. The number of aliphatic hydroxyl groups is 1. The van der Waals surface area contributed by atoms with E-state index in [4.69, 9.17) is 5.11 Å². The molecule has 6 heteroatoms. The molecular formula is C8H14N2O4. The second-order valence-corrected chi connectivity index (χ2v) is 3.65. The summed E-state index contributed by atoms with van der Waals surface area (Å²) in [6, 6.07) is 0. The molecule has 0 aromatic carbocycles. The van der Waals surface area contributed by atoms with Crippen molar-refractivity contribution in [2.75, 3.05) is 19.6 Å². The van der Waals surface area contributed by atoms with Crippen LogP contribution in [0.2, 0.25) is 0 Å². The highest BCUT2D eigenvalue weighted by atomic mass is 16.4. The number of carboxylic acids is 1. The third-order valence-electron chi connectivity index (χ3n) is 2.22. The number of amides is 1. The van der Waals surface area contributed by atoms with Gasteiger partial charge in [-0.3, -0.25) is 4.79 Å². The molecule has 4 N–H and O–H groups in total. The van der Waals surface area contributed by atoms with E-state index in [1.807, 2.05) is 0 Å². The van der Waals surface area contributed by atoms with Gasteiger partial charge in [0, 0.05) is 13.1 Å². The Bertz CT molecular complexity index is 248. The molecule has 1 amide bonds. The normalized spacial score (nSPS) is 20.7. The number of hydrogen-bond acceptors (Lipinski definition) is 4. The summed E-state index contributed by atoms with van der Waals surface area (Å²) < 4.78 is 0. The standard InChI is InChI=1S/C8H14N2O4/c1-8(14,7(12)13)4-10-6(11)5-2-9-3-5/h5,9,14H,2-4H2,1H3,(H,10,11)(H,12,13). The van der Waals surface area contributed by atoms with Crippen molar-refractivity contribution >= 4 is 11.9 Å². The first-order valence-corrected chi connectivity index (χ1v) is 4.37. The van der Waals surface area contributed by atoms with Crippen LogP contribution in [0.1, 0.15) is 6.92 Å². The highest BCUT2D eigenvalue weighted by Crippen LogP contribution is 2.05. The van der Waals surface area contributed by atoms with Gasteiger partial charge >= 0.3 is 5.97 Å². The third-order valence-corrected chi connectivity index (χ3v) is 2.22. The van der Waals surface area contributed by atoms with Crippen molar-refractivity contribution < 1.29 is 19.8 Å². The van der Waals surface area contributed by atoms with E-state index in [1.54, 1.807) is 0 Å². The first-order chi connectivity index (χ1) is 6.43. The lowest BCUT2D eigenvalue weighted by Gasteiger charge is -2.27. The lowest BCUT2D eigenvalue weighted by atomic mass is 10.0. The Kier molecular flexibility index (Phi) is 3.07. The molecule has 1 rings (SSSR count). The minimum Gasteiger partial charge on any atom is -0.479 e. The Balaban J connectivity index is 2.32. The van der Waals surface area contributed by atoms with Gasteiger partial charge in [-0.25, -0.2) is 4.79 Å². The van der Waals surface area contributed by atoms with E-state index < -0.39 is 11.6 Å². The average molecular weight is 202 g/mol. The van der Waals surface area contributed by atoms with Gasteiger partial charge in [-0.05, 0) is 6.92 Å². The number of hydrogen-bond donors (Lipinski definition) is 4. The highest BCUT2D eigenvalue weighted by molar-refractivity contribution is 5.82. The van der Waals surface area contributed by atoms with Gasteiger partial charge in [0.25, 0.3) is 0 Å². The smallest absolute Gasteiger partial charge is 0.337 e. The zero-order valence-corrected chi connectivity index (χ0v) is 7.91. The van der Waals surface area contributed by atoms with Crippen LogP contribution in [0, 0.1) is 5.92 Å². The molecule has 0 spiro atoms. The van der Waals surface area contributed by atoms with E-state index in [9.17, 15) is 14.7 Å². The zero-order valence-electron chi connectivity index (χ0n) is 7.91. The van der Waals surface area contributed by atoms with E-state index in [0.29, 0.717) is 13.1 Å². The topological polar surface area (TPSA) is 98.7 Å². The molecule has 0 bridgehead atoms. The van der Waals surface area contributed by atoms with Crippen LogP contribution in [0.4, 0.5) is 0 Å². The Labute approximate surface area is 81.3 Å². The van der Waals surface area contributed by atoms with E-state index >= 15 is 0 Å². The Morgan fingerprint density at radius 1 is 1.57 bits per heavy atom. The quantitative estimate of drug-likeness (QED) is 0.429. The summed E-state index contributed by atoms with van der Waals surface area (Å²) in [6.07, 6.45) is 0. The molecule has 0 radical (unpaired) electrons. The van der Waals surface area contributed by atoms with Crippen molar-refractivity contribution in [3.05, 3.63) is 0 Å². The number of carboxylic acid groups (broad SMARTS) is 1. The number of nitrogens with one attached hydrogen (secondary N) is 2. The van der Waals surface area contributed by atoms with Gasteiger partial charge in [0.15, 0.2) is 5.60 Å². The van der Waals surface area contributed by atoms with Crippen LogP contribution in [0.5, 0.6) is 0 Å². The fourth-order valence-corrected chi connectivity index (χ4v) is 0.953. The van der Waals surface area contributed by atoms with Crippen LogP contribution >= 0.6 is 0 Å². The molecular weight excluding hydrogens is 188 g/mol. The van der Waals surface area contributed by atoms with E-state index in [2.05, 4.69) is 10.6 Å². The van der Waals surface area contributed by atoms with Gasteiger partial charge in [-0.2, -0.15) is 0 Å². The SMILES string of the molecule is CC(O)(CNC(=O)C1CNC1)C(=O)O. The molecule has 1 saturated heterocycles. The average Bonchev–Trinajstić information content (AvgIpc) is 1.97. The first kappa shape index (κ1) is 10.9. The van der Waals surface area contributed by atoms with Crippen LogP contribution in [0.25, 0.3) is 0 Å². The number of carbonyl (C=O) groups is 2. The van der Waals surface area contributed by atoms with Crippen LogP contribution in [-0.2, 0) is 9.59 Å². The van der Waals surface area contributed by atoms with E-state index in [1.165, 1.54) is 0 Å². The Morgan fingerprint density at radius 3 is 2.50 bits per heavy atom. The lowest BCUT2D eigenvalue weighted by Crippen LogP contribution is -2.54. The molecule has 0 aromatic rings. The molecule has 1 heterocycles.